The summed E-state index contributed by atoms with van der Waals surface area (Å²) in [4.78, 5) is 23.7. The first-order valence-corrected chi connectivity index (χ1v) is 8.96. The van der Waals surface area contributed by atoms with Crippen molar-refractivity contribution in [1.82, 2.24) is 0 Å². The van der Waals surface area contributed by atoms with E-state index in [1.165, 1.54) is 21.1 Å². The van der Waals surface area contributed by atoms with Gasteiger partial charge < -0.3 is 29.6 Å². The minimum atomic E-state index is -0.228. The van der Waals surface area contributed by atoms with Gasteiger partial charge in [0, 0.05) is 19.0 Å². The first-order chi connectivity index (χ1) is 13.9. The van der Waals surface area contributed by atoms with Crippen molar-refractivity contribution >= 4 is 23.2 Å². The van der Waals surface area contributed by atoms with Crippen molar-refractivity contribution in [3.05, 3.63) is 35.9 Å². The Labute approximate surface area is 170 Å². The molecular weight excluding hydrogens is 376 g/mol. The van der Waals surface area contributed by atoms with E-state index in [-0.39, 0.29) is 18.2 Å². The minimum absolute atomic E-state index is 0.169. The molecule has 0 saturated carbocycles. The molecule has 0 aliphatic carbocycles. The van der Waals surface area contributed by atoms with Gasteiger partial charge in [-0.2, -0.15) is 0 Å². The van der Waals surface area contributed by atoms with Gasteiger partial charge in [0.05, 0.1) is 34.1 Å². The van der Waals surface area contributed by atoms with Gasteiger partial charge in [-0.3, -0.25) is 9.59 Å². The molecule has 0 atom stereocenters. The SMILES string of the molecule is COc1ccc(NC(=O)CCc2cc(OC)c(OC)c(OC)c2)cc1NC(C)=O. The van der Waals surface area contributed by atoms with Crippen LogP contribution in [0.15, 0.2) is 30.3 Å². The van der Waals surface area contributed by atoms with Crippen molar-refractivity contribution in [3.63, 3.8) is 0 Å². The Morgan fingerprint density at radius 2 is 1.45 bits per heavy atom. The smallest absolute Gasteiger partial charge is 0.224 e. The van der Waals surface area contributed by atoms with Crippen LogP contribution in [0.3, 0.4) is 0 Å². The maximum absolute atomic E-state index is 12.4. The van der Waals surface area contributed by atoms with E-state index in [0.29, 0.717) is 40.8 Å². The number of anilines is 2. The van der Waals surface area contributed by atoms with Crippen LogP contribution in [0.1, 0.15) is 18.9 Å². The molecule has 0 aliphatic rings. The van der Waals surface area contributed by atoms with Crippen LogP contribution in [0.2, 0.25) is 0 Å². The molecule has 0 aliphatic heterocycles. The van der Waals surface area contributed by atoms with E-state index in [4.69, 9.17) is 18.9 Å². The average Bonchev–Trinajstić information content (AvgIpc) is 2.71. The molecule has 29 heavy (non-hydrogen) atoms. The largest absolute Gasteiger partial charge is 0.495 e. The monoisotopic (exact) mass is 402 g/mol. The van der Waals surface area contributed by atoms with Crippen LogP contribution in [0, 0.1) is 0 Å². The number of amides is 2. The van der Waals surface area contributed by atoms with E-state index >= 15 is 0 Å². The van der Waals surface area contributed by atoms with Crippen molar-refractivity contribution in [3.8, 4) is 23.0 Å². The number of carbonyl (C=O) groups is 2. The van der Waals surface area contributed by atoms with Gasteiger partial charge in [0.1, 0.15) is 5.75 Å². The fourth-order valence-electron chi connectivity index (χ4n) is 2.83. The van der Waals surface area contributed by atoms with Crippen LogP contribution < -0.4 is 29.6 Å². The lowest BCUT2D eigenvalue weighted by molar-refractivity contribution is -0.116. The molecule has 2 amide bonds. The summed E-state index contributed by atoms with van der Waals surface area (Å²) in [7, 11) is 6.14. The van der Waals surface area contributed by atoms with Crippen LogP contribution in [-0.4, -0.2) is 40.3 Å². The maximum Gasteiger partial charge on any atom is 0.224 e. The van der Waals surface area contributed by atoms with Gasteiger partial charge in [-0.25, -0.2) is 0 Å². The molecule has 0 aromatic heterocycles. The Bertz CT molecular complexity index is 856. The third-order valence-corrected chi connectivity index (χ3v) is 4.16. The normalized spacial score (nSPS) is 10.1. The Morgan fingerprint density at radius 3 is 1.97 bits per heavy atom. The maximum atomic E-state index is 12.4. The van der Waals surface area contributed by atoms with Gasteiger partial charge in [0.15, 0.2) is 11.5 Å². The molecule has 8 heteroatoms. The van der Waals surface area contributed by atoms with E-state index in [2.05, 4.69) is 10.6 Å². The number of aryl methyl sites for hydroxylation is 1. The van der Waals surface area contributed by atoms with Crippen molar-refractivity contribution < 1.29 is 28.5 Å². The Kier molecular flexibility index (Phi) is 7.70. The van der Waals surface area contributed by atoms with E-state index in [9.17, 15) is 9.59 Å². The summed E-state index contributed by atoms with van der Waals surface area (Å²) in [6.07, 6.45) is 0.734. The fourth-order valence-corrected chi connectivity index (χ4v) is 2.83. The van der Waals surface area contributed by atoms with Crippen LogP contribution >= 0.6 is 0 Å². The zero-order chi connectivity index (χ0) is 21.4. The average molecular weight is 402 g/mol. The Morgan fingerprint density at radius 1 is 0.828 bits per heavy atom. The summed E-state index contributed by atoms with van der Waals surface area (Å²) in [6.45, 7) is 1.40. The minimum Gasteiger partial charge on any atom is -0.495 e. The molecular formula is C21H26N2O6. The number of methoxy groups -OCH3 is 4. The van der Waals surface area contributed by atoms with Gasteiger partial charge in [0.2, 0.25) is 17.6 Å². The van der Waals surface area contributed by atoms with Crippen molar-refractivity contribution in [2.45, 2.75) is 19.8 Å². The topological polar surface area (TPSA) is 95.1 Å². The van der Waals surface area contributed by atoms with Crippen LogP contribution in [0.25, 0.3) is 0 Å². The number of rotatable bonds is 9. The molecule has 0 heterocycles. The second kappa shape index (κ2) is 10.2. The van der Waals surface area contributed by atoms with Gasteiger partial charge in [-0.1, -0.05) is 0 Å². The Balaban J connectivity index is 2.07. The number of carbonyl (C=O) groups excluding carboxylic acids is 2. The first-order valence-electron chi connectivity index (χ1n) is 8.96. The summed E-state index contributed by atoms with van der Waals surface area (Å²) in [5.74, 6) is 1.70. The molecule has 0 saturated heterocycles. The highest BCUT2D eigenvalue weighted by molar-refractivity contribution is 5.94. The second-order valence-corrected chi connectivity index (χ2v) is 6.18. The Hall–Kier alpha value is -3.42. The molecule has 0 radical (unpaired) electrons. The molecule has 0 bridgehead atoms. The van der Waals surface area contributed by atoms with Gasteiger partial charge in [0.25, 0.3) is 0 Å². The van der Waals surface area contributed by atoms with Crippen molar-refractivity contribution in [2.75, 3.05) is 39.1 Å². The summed E-state index contributed by atoms with van der Waals surface area (Å²) >= 11 is 0. The van der Waals surface area contributed by atoms with E-state index < -0.39 is 0 Å². The highest BCUT2D eigenvalue weighted by atomic mass is 16.5. The predicted molar refractivity (Wildman–Crippen MR) is 110 cm³/mol. The summed E-state index contributed by atoms with van der Waals surface area (Å²) < 4.78 is 21.2. The number of benzene rings is 2. The zero-order valence-corrected chi connectivity index (χ0v) is 17.3. The lowest BCUT2D eigenvalue weighted by atomic mass is 10.1. The number of nitrogens with one attached hydrogen (secondary N) is 2. The van der Waals surface area contributed by atoms with Crippen LogP contribution in [-0.2, 0) is 16.0 Å². The van der Waals surface area contributed by atoms with Crippen molar-refractivity contribution in [1.29, 1.82) is 0 Å². The lowest BCUT2D eigenvalue weighted by Crippen LogP contribution is -2.13. The molecule has 2 N–H and O–H groups in total. The number of hydrogen-bond donors (Lipinski definition) is 2. The van der Waals surface area contributed by atoms with E-state index in [1.54, 1.807) is 32.4 Å². The molecule has 0 unspecified atom stereocenters. The summed E-state index contributed by atoms with van der Waals surface area (Å²) in [5, 5.41) is 5.50. The van der Waals surface area contributed by atoms with E-state index in [1.807, 2.05) is 12.1 Å². The van der Waals surface area contributed by atoms with Gasteiger partial charge in [-0.15, -0.1) is 0 Å². The zero-order valence-electron chi connectivity index (χ0n) is 17.3. The van der Waals surface area contributed by atoms with E-state index in [0.717, 1.165) is 5.56 Å². The third kappa shape index (κ3) is 5.78. The lowest BCUT2D eigenvalue weighted by Gasteiger charge is -2.14. The predicted octanol–water partition coefficient (Wildman–Crippen LogP) is 3.25. The second-order valence-electron chi connectivity index (χ2n) is 6.18. The molecule has 2 aromatic rings. The third-order valence-electron chi connectivity index (χ3n) is 4.16. The summed E-state index contributed by atoms with van der Waals surface area (Å²) in [6, 6.07) is 8.67. The standard InChI is InChI=1S/C21H26N2O6/c1-13(24)22-16-12-15(7-8-17(16)26-2)23-20(25)9-6-14-10-18(27-3)21(29-5)19(11-14)28-4/h7-8,10-12H,6,9H2,1-5H3,(H,22,24)(H,23,25). The van der Waals surface area contributed by atoms with Crippen LogP contribution in [0.4, 0.5) is 11.4 Å². The number of ether oxygens (including phenoxy) is 4. The quantitative estimate of drug-likeness (QED) is 0.669. The highest BCUT2D eigenvalue weighted by Gasteiger charge is 2.14. The first kappa shape index (κ1) is 21.9. The van der Waals surface area contributed by atoms with Gasteiger partial charge >= 0.3 is 0 Å². The van der Waals surface area contributed by atoms with Gasteiger partial charge in [-0.05, 0) is 42.3 Å². The van der Waals surface area contributed by atoms with Crippen LogP contribution in [0.5, 0.6) is 23.0 Å². The molecule has 156 valence electrons. The fraction of sp³-hybridized carbons (Fsp3) is 0.333. The molecule has 0 spiro atoms. The molecule has 0 fully saturated rings. The number of hydrogen-bond acceptors (Lipinski definition) is 6. The molecule has 2 rings (SSSR count). The molecule has 2 aromatic carbocycles. The molecule has 8 nitrogen and oxygen atoms in total. The summed E-state index contributed by atoms with van der Waals surface area (Å²) in [5.41, 5.74) is 1.93. The highest BCUT2D eigenvalue weighted by Crippen LogP contribution is 2.38. The van der Waals surface area contributed by atoms with Crippen molar-refractivity contribution in [2.24, 2.45) is 0 Å².